The van der Waals surface area contributed by atoms with Gasteiger partial charge < -0.3 is 4.74 Å². The molecular formula is C24H20Br2O2. The quantitative estimate of drug-likeness (QED) is 0.336. The van der Waals surface area contributed by atoms with Crippen LogP contribution in [-0.2, 0) is 9.53 Å². The van der Waals surface area contributed by atoms with Gasteiger partial charge in [0.2, 0.25) is 0 Å². The van der Waals surface area contributed by atoms with Crippen molar-refractivity contribution >= 4 is 43.6 Å². The topological polar surface area (TPSA) is 26.3 Å². The highest BCUT2D eigenvalue weighted by molar-refractivity contribution is 9.28. The van der Waals surface area contributed by atoms with Gasteiger partial charge in [0, 0.05) is 17.4 Å². The summed E-state index contributed by atoms with van der Waals surface area (Å²) < 4.78 is 6.77. The lowest BCUT2D eigenvalue weighted by atomic mass is 9.60. The van der Waals surface area contributed by atoms with Gasteiger partial charge in [0.05, 0.1) is 3.39 Å². The minimum Gasteiger partial charge on any atom is -0.426 e. The molecule has 1 aliphatic heterocycles. The van der Waals surface area contributed by atoms with Gasteiger partial charge in [-0.1, -0.05) is 78.9 Å². The molecule has 1 heterocycles. The summed E-state index contributed by atoms with van der Waals surface area (Å²) in [7, 11) is 0. The largest absolute Gasteiger partial charge is 0.426 e. The molecule has 0 saturated heterocycles. The van der Waals surface area contributed by atoms with E-state index in [2.05, 4.69) is 68.3 Å². The number of hydrogen-bond acceptors (Lipinski definition) is 2. The zero-order valence-electron chi connectivity index (χ0n) is 15.2. The molecule has 0 fully saturated rings. The fourth-order valence-electron chi connectivity index (χ4n) is 4.32. The van der Waals surface area contributed by atoms with Crippen LogP contribution in [0.4, 0.5) is 0 Å². The Morgan fingerprint density at radius 3 is 2.43 bits per heavy atom. The predicted octanol–water partition coefficient (Wildman–Crippen LogP) is 6.95. The van der Waals surface area contributed by atoms with Crippen LogP contribution in [0, 0.1) is 11.3 Å². The van der Waals surface area contributed by atoms with Gasteiger partial charge >= 0.3 is 5.97 Å². The third-order valence-electron chi connectivity index (χ3n) is 5.64. The molecule has 0 bridgehead atoms. The standard InChI is InChI=1S/C24H20Br2O2/c25-22(26)15-14-19-12-7-13-20(17-8-3-1-4-9-17)24(19)16-21(28-23(24)27)18-10-5-2-6-11-18/h1-12,15-16,19-20H,13-14H2/t19-,20-,24+/m1/s1. The molecular weight excluding hydrogens is 480 g/mol. The number of rotatable bonds is 4. The smallest absolute Gasteiger partial charge is 0.322 e. The number of carbonyl (C=O) groups excluding carboxylic acids is 1. The van der Waals surface area contributed by atoms with Crippen LogP contribution in [0.5, 0.6) is 0 Å². The molecule has 4 heteroatoms. The van der Waals surface area contributed by atoms with Crippen molar-refractivity contribution in [3.63, 3.8) is 0 Å². The first kappa shape index (κ1) is 19.4. The van der Waals surface area contributed by atoms with E-state index in [1.165, 1.54) is 5.56 Å². The summed E-state index contributed by atoms with van der Waals surface area (Å²) in [5.74, 6) is 0.563. The van der Waals surface area contributed by atoms with E-state index in [1.54, 1.807) is 0 Å². The van der Waals surface area contributed by atoms with E-state index >= 15 is 0 Å². The molecule has 2 aromatic rings. The summed E-state index contributed by atoms with van der Waals surface area (Å²) in [6.45, 7) is 0. The van der Waals surface area contributed by atoms with E-state index in [0.717, 1.165) is 21.8 Å². The first-order valence-electron chi connectivity index (χ1n) is 9.34. The first-order chi connectivity index (χ1) is 13.6. The van der Waals surface area contributed by atoms with Gasteiger partial charge in [-0.3, -0.25) is 4.79 Å². The molecule has 3 atom stereocenters. The van der Waals surface area contributed by atoms with Crippen LogP contribution in [-0.4, -0.2) is 5.97 Å². The number of ether oxygens (including phenoxy) is 1. The lowest BCUT2D eigenvalue weighted by Gasteiger charge is -2.40. The minimum atomic E-state index is -0.715. The molecule has 0 radical (unpaired) electrons. The summed E-state index contributed by atoms with van der Waals surface area (Å²) in [6.07, 6.45) is 10.1. The summed E-state index contributed by atoms with van der Waals surface area (Å²) in [5.41, 5.74) is 1.39. The van der Waals surface area contributed by atoms with Crippen molar-refractivity contribution in [1.82, 2.24) is 0 Å². The Morgan fingerprint density at radius 1 is 1.07 bits per heavy atom. The molecule has 0 amide bonds. The van der Waals surface area contributed by atoms with E-state index < -0.39 is 5.41 Å². The van der Waals surface area contributed by atoms with Gasteiger partial charge in [-0.25, -0.2) is 0 Å². The molecule has 0 aromatic heterocycles. The lowest BCUT2D eigenvalue weighted by Crippen LogP contribution is -2.41. The second kappa shape index (κ2) is 8.22. The van der Waals surface area contributed by atoms with E-state index in [1.807, 2.05) is 48.5 Å². The number of esters is 1. The van der Waals surface area contributed by atoms with Crippen LogP contribution in [0.3, 0.4) is 0 Å². The Balaban J connectivity index is 1.85. The van der Waals surface area contributed by atoms with E-state index in [-0.39, 0.29) is 17.8 Å². The Kier molecular flexibility index (Phi) is 5.70. The number of allylic oxidation sites excluding steroid dienone is 3. The van der Waals surface area contributed by atoms with Crippen molar-refractivity contribution in [1.29, 1.82) is 0 Å². The van der Waals surface area contributed by atoms with Crippen LogP contribution in [0.25, 0.3) is 5.76 Å². The maximum atomic E-state index is 13.4. The molecule has 2 aliphatic rings. The molecule has 28 heavy (non-hydrogen) atoms. The summed E-state index contributed by atoms with van der Waals surface area (Å²) >= 11 is 6.89. The van der Waals surface area contributed by atoms with Gasteiger partial charge in [0.15, 0.2) is 0 Å². The number of carbonyl (C=O) groups is 1. The van der Waals surface area contributed by atoms with Crippen molar-refractivity contribution in [3.8, 4) is 0 Å². The SMILES string of the molecule is O=C1OC(c2ccccc2)=C[C@@]12[C@@H](CC=C(Br)Br)C=CC[C@@H]2c1ccccc1. The fraction of sp³-hybridized carbons (Fsp3) is 0.208. The Bertz CT molecular complexity index is 943. The Labute approximate surface area is 182 Å². The van der Waals surface area contributed by atoms with Crippen LogP contribution in [0.2, 0.25) is 0 Å². The maximum absolute atomic E-state index is 13.4. The van der Waals surface area contributed by atoms with Crippen LogP contribution >= 0.6 is 31.9 Å². The van der Waals surface area contributed by atoms with Crippen LogP contribution < -0.4 is 0 Å². The van der Waals surface area contributed by atoms with Gasteiger partial charge in [-0.15, -0.1) is 0 Å². The van der Waals surface area contributed by atoms with Crippen molar-refractivity contribution in [3.05, 3.63) is 99.5 Å². The highest BCUT2D eigenvalue weighted by Crippen LogP contribution is 2.55. The molecule has 2 nitrogen and oxygen atoms in total. The van der Waals surface area contributed by atoms with Gasteiger partial charge in [-0.05, 0) is 56.3 Å². The zero-order chi connectivity index (χ0) is 19.6. The number of hydrogen-bond donors (Lipinski definition) is 0. The molecule has 2 aromatic carbocycles. The summed E-state index contributed by atoms with van der Waals surface area (Å²) in [5, 5.41) is 0. The zero-order valence-corrected chi connectivity index (χ0v) is 18.4. The van der Waals surface area contributed by atoms with Gasteiger partial charge in [0.25, 0.3) is 0 Å². The molecule has 1 aliphatic carbocycles. The monoisotopic (exact) mass is 498 g/mol. The van der Waals surface area contributed by atoms with Crippen LogP contribution in [0.1, 0.15) is 29.9 Å². The third-order valence-corrected chi connectivity index (χ3v) is 6.29. The van der Waals surface area contributed by atoms with Crippen LogP contribution in [0.15, 0.2) is 88.4 Å². The fourth-order valence-corrected chi connectivity index (χ4v) is 4.69. The minimum absolute atomic E-state index is 0.0188. The molecule has 4 rings (SSSR count). The average molecular weight is 500 g/mol. The number of cyclic esters (lactones) is 1. The van der Waals surface area contributed by atoms with Crippen molar-refractivity contribution < 1.29 is 9.53 Å². The van der Waals surface area contributed by atoms with E-state index in [4.69, 9.17) is 4.74 Å². The number of halogens is 2. The first-order valence-corrected chi connectivity index (χ1v) is 10.9. The molecule has 0 N–H and O–H groups in total. The molecule has 1 spiro atoms. The van der Waals surface area contributed by atoms with Gasteiger partial charge in [0.1, 0.15) is 11.2 Å². The second-order valence-electron chi connectivity index (χ2n) is 7.16. The molecule has 0 unspecified atom stereocenters. The normalized spacial score (nSPS) is 26.1. The highest BCUT2D eigenvalue weighted by atomic mass is 79.9. The third kappa shape index (κ3) is 3.56. The molecule has 0 saturated carbocycles. The summed E-state index contributed by atoms with van der Waals surface area (Å²) in [4.78, 5) is 13.4. The van der Waals surface area contributed by atoms with Crippen molar-refractivity contribution in [2.24, 2.45) is 11.3 Å². The van der Waals surface area contributed by atoms with Gasteiger partial charge in [-0.2, -0.15) is 0 Å². The lowest BCUT2D eigenvalue weighted by molar-refractivity contribution is -0.146. The van der Waals surface area contributed by atoms with Crippen molar-refractivity contribution in [2.45, 2.75) is 18.8 Å². The predicted molar refractivity (Wildman–Crippen MR) is 120 cm³/mol. The Hall–Kier alpha value is -1.91. The Morgan fingerprint density at radius 2 is 1.75 bits per heavy atom. The average Bonchev–Trinajstić information content (AvgIpc) is 3.06. The highest BCUT2D eigenvalue weighted by Gasteiger charge is 2.55. The maximum Gasteiger partial charge on any atom is 0.322 e. The number of benzene rings is 2. The van der Waals surface area contributed by atoms with Crippen molar-refractivity contribution in [2.75, 3.05) is 0 Å². The summed E-state index contributed by atoms with van der Waals surface area (Å²) in [6, 6.07) is 20.2. The van der Waals surface area contributed by atoms with E-state index in [9.17, 15) is 4.79 Å². The molecule has 142 valence electrons. The van der Waals surface area contributed by atoms with E-state index in [0.29, 0.717) is 5.76 Å². The second-order valence-corrected chi connectivity index (χ2v) is 9.93.